The number of halogens is 1. The van der Waals surface area contributed by atoms with Gasteiger partial charge in [0, 0.05) is 35.1 Å². The van der Waals surface area contributed by atoms with Gasteiger partial charge >= 0.3 is 0 Å². The van der Waals surface area contributed by atoms with Crippen LogP contribution in [0.5, 0.6) is 23.0 Å². The zero-order chi connectivity index (χ0) is 30.5. The fraction of sp³-hybridized carbons (Fsp3) is 0.250. The molecule has 0 radical (unpaired) electrons. The van der Waals surface area contributed by atoms with Crippen molar-refractivity contribution in [1.29, 1.82) is 0 Å². The maximum absolute atomic E-state index is 15.2. The van der Waals surface area contributed by atoms with Crippen LogP contribution in [0.4, 0.5) is 15.8 Å². The molecule has 0 aliphatic heterocycles. The Kier molecular flexibility index (Phi) is 7.13. The summed E-state index contributed by atoms with van der Waals surface area (Å²) in [5, 5.41) is 7.26. The predicted molar refractivity (Wildman–Crippen MR) is 164 cm³/mol. The van der Waals surface area contributed by atoms with Crippen LogP contribution in [0.15, 0.2) is 60.8 Å². The van der Waals surface area contributed by atoms with E-state index in [9.17, 15) is 9.59 Å². The largest absolute Gasteiger partial charge is 0.493 e. The number of nitrogens with zero attached hydrogens (tertiary/aromatic N) is 2. The zero-order valence-electron chi connectivity index (χ0n) is 24.2. The molecule has 3 aromatic carbocycles. The number of aryl methyl sites for hydroxylation is 1. The van der Waals surface area contributed by atoms with E-state index in [1.165, 1.54) is 26.4 Å². The molecule has 1 fully saturated rings. The standard InChI is InChI=1S/C32H29FN4O5S/c1-16-35-21-8-6-18(13-27(21)43-16)37-31(39)29-28(32(29,2)3)30(38)36-17-7-9-24(20(33)12-17)42-23-10-11-34-22-15-26(41-5)25(40-4)14-19(22)23/h6-15,28-29H,1-5H3,(H,36,38)(H,37,39)/t28-,29+/m1/s1. The number of rotatable bonds is 8. The topological polar surface area (TPSA) is 112 Å². The Balaban J connectivity index is 1.14. The number of benzene rings is 3. The van der Waals surface area contributed by atoms with Gasteiger partial charge in [-0.1, -0.05) is 13.8 Å². The van der Waals surface area contributed by atoms with Gasteiger partial charge in [-0.15, -0.1) is 11.3 Å². The molecular weight excluding hydrogens is 571 g/mol. The number of methoxy groups -OCH3 is 2. The second kappa shape index (κ2) is 10.8. The molecule has 0 spiro atoms. The van der Waals surface area contributed by atoms with E-state index in [-0.39, 0.29) is 23.3 Å². The van der Waals surface area contributed by atoms with Crippen molar-refractivity contribution in [2.45, 2.75) is 20.8 Å². The smallest absolute Gasteiger partial charge is 0.228 e. The highest BCUT2D eigenvalue weighted by atomic mass is 32.1. The molecule has 1 aliphatic carbocycles. The molecule has 2 atom stereocenters. The lowest BCUT2D eigenvalue weighted by atomic mass is 10.1. The van der Waals surface area contributed by atoms with Crippen molar-refractivity contribution < 1.29 is 28.2 Å². The molecule has 0 unspecified atom stereocenters. The van der Waals surface area contributed by atoms with Gasteiger partial charge in [-0.05, 0) is 54.8 Å². The van der Waals surface area contributed by atoms with E-state index in [2.05, 4.69) is 20.6 Å². The summed E-state index contributed by atoms with van der Waals surface area (Å²) < 4.78 is 32.8. The number of anilines is 2. The van der Waals surface area contributed by atoms with Gasteiger partial charge < -0.3 is 24.8 Å². The quantitative estimate of drug-likeness (QED) is 0.198. The van der Waals surface area contributed by atoms with Gasteiger partial charge in [0.15, 0.2) is 23.1 Å². The first-order chi connectivity index (χ1) is 20.6. The number of ether oxygens (including phenoxy) is 3. The normalized spacial score (nSPS) is 17.0. The lowest BCUT2D eigenvalue weighted by Gasteiger charge is -2.13. The molecule has 43 heavy (non-hydrogen) atoms. The molecule has 1 aliphatic rings. The summed E-state index contributed by atoms with van der Waals surface area (Å²) in [6, 6.07) is 14.8. The molecule has 5 aromatic rings. The summed E-state index contributed by atoms with van der Waals surface area (Å²) in [6.07, 6.45) is 1.55. The van der Waals surface area contributed by atoms with Crippen molar-refractivity contribution in [2.75, 3.05) is 24.9 Å². The van der Waals surface area contributed by atoms with Crippen LogP contribution in [0, 0.1) is 30.0 Å². The van der Waals surface area contributed by atoms with Crippen LogP contribution in [0.3, 0.4) is 0 Å². The van der Waals surface area contributed by atoms with Gasteiger partial charge in [0.05, 0.1) is 46.8 Å². The van der Waals surface area contributed by atoms with Crippen LogP contribution < -0.4 is 24.8 Å². The first-order valence-electron chi connectivity index (χ1n) is 13.6. The predicted octanol–water partition coefficient (Wildman–Crippen LogP) is 6.95. The molecule has 0 bridgehead atoms. The van der Waals surface area contributed by atoms with Crippen molar-refractivity contribution in [2.24, 2.45) is 17.3 Å². The number of fused-ring (bicyclic) bond motifs is 2. The highest BCUT2D eigenvalue weighted by Gasteiger charge is 2.65. The van der Waals surface area contributed by atoms with Crippen LogP contribution in [0.25, 0.3) is 21.1 Å². The third kappa shape index (κ3) is 5.32. The van der Waals surface area contributed by atoms with E-state index >= 15 is 4.39 Å². The summed E-state index contributed by atoms with van der Waals surface area (Å²) in [7, 11) is 3.05. The summed E-state index contributed by atoms with van der Waals surface area (Å²) >= 11 is 1.55. The lowest BCUT2D eigenvalue weighted by molar-refractivity contribution is -0.122. The third-order valence-electron chi connectivity index (χ3n) is 7.78. The number of amides is 2. The summed E-state index contributed by atoms with van der Waals surface area (Å²) in [4.78, 5) is 35.1. The number of aromatic nitrogens is 2. The highest BCUT2D eigenvalue weighted by molar-refractivity contribution is 7.18. The van der Waals surface area contributed by atoms with Gasteiger partial charge in [-0.2, -0.15) is 0 Å². The second-order valence-corrected chi connectivity index (χ2v) is 12.2. The van der Waals surface area contributed by atoms with Crippen LogP contribution in [-0.4, -0.2) is 36.0 Å². The molecule has 2 N–H and O–H groups in total. The maximum atomic E-state index is 15.2. The summed E-state index contributed by atoms with van der Waals surface area (Å²) in [6.45, 7) is 5.68. The number of pyridine rings is 1. The van der Waals surface area contributed by atoms with Gasteiger partial charge in [0.1, 0.15) is 5.75 Å². The molecule has 220 valence electrons. The Morgan fingerprint density at radius 1 is 0.837 bits per heavy atom. The van der Waals surface area contributed by atoms with E-state index in [0.717, 1.165) is 15.2 Å². The Morgan fingerprint density at radius 3 is 2.16 bits per heavy atom. The fourth-order valence-corrected chi connectivity index (χ4v) is 6.36. The maximum Gasteiger partial charge on any atom is 0.228 e. The van der Waals surface area contributed by atoms with Crippen LogP contribution in [0.1, 0.15) is 18.9 Å². The number of nitrogens with one attached hydrogen (secondary N) is 2. The van der Waals surface area contributed by atoms with E-state index in [1.54, 1.807) is 47.9 Å². The molecule has 11 heteroatoms. The molecule has 1 saturated carbocycles. The second-order valence-electron chi connectivity index (χ2n) is 11.0. The van der Waals surface area contributed by atoms with Gasteiger partial charge in [-0.3, -0.25) is 14.6 Å². The number of carbonyl (C=O) groups excluding carboxylic acids is 2. The first kappa shape index (κ1) is 28.4. The Morgan fingerprint density at radius 2 is 1.49 bits per heavy atom. The van der Waals surface area contributed by atoms with E-state index in [0.29, 0.717) is 33.8 Å². The van der Waals surface area contributed by atoms with Crippen molar-refractivity contribution in [1.82, 2.24) is 9.97 Å². The molecule has 2 heterocycles. The molecular formula is C32H29FN4O5S. The highest BCUT2D eigenvalue weighted by Crippen LogP contribution is 2.59. The Bertz CT molecular complexity index is 1910. The third-order valence-corrected chi connectivity index (χ3v) is 8.71. The monoisotopic (exact) mass is 600 g/mol. The Labute approximate surface area is 251 Å². The van der Waals surface area contributed by atoms with Gasteiger partial charge in [0.2, 0.25) is 11.8 Å². The molecule has 0 saturated heterocycles. The number of hydrogen-bond donors (Lipinski definition) is 2. The van der Waals surface area contributed by atoms with Crippen LogP contribution >= 0.6 is 11.3 Å². The van der Waals surface area contributed by atoms with Crippen molar-refractivity contribution in [3.05, 3.63) is 71.6 Å². The minimum atomic E-state index is -0.665. The van der Waals surface area contributed by atoms with E-state index < -0.39 is 23.1 Å². The van der Waals surface area contributed by atoms with Gasteiger partial charge in [-0.25, -0.2) is 9.37 Å². The van der Waals surface area contributed by atoms with E-state index in [4.69, 9.17) is 14.2 Å². The molecule has 9 nitrogen and oxygen atoms in total. The molecule has 2 amide bonds. The van der Waals surface area contributed by atoms with Crippen LogP contribution in [-0.2, 0) is 9.59 Å². The minimum absolute atomic E-state index is 0.0302. The Hall–Kier alpha value is -4.77. The van der Waals surface area contributed by atoms with Crippen molar-refractivity contribution in [3.8, 4) is 23.0 Å². The first-order valence-corrected chi connectivity index (χ1v) is 14.4. The lowest BCUT2D eigenvalue weighted by Crippen LogP contribution is -2.20. The van der Waals surface area contributed by atoms with Crippen LogP contribution in [0.2, 0.25) is 0 Å². The SMILES string of the molecule is COc1cc2nccc(Oc3ccc(NC(=O)[C@H]4[C@@H](C(=O)Nc5ccc6nc(C)sc6c5)C4(C)C)cc3F)c2cc1OC. The van der Waals surface area contributed by atoms with Crippen molar-refractivity contribution >= 4 is 55.6 Å². The van der Waals surface area contributed by atoms with E-state index in [1.807, 2.05) is 32.9 Å². The zero-order valence-corrected chi connectivity index (χ0v) is 25.0. The van der Waals surface area contributed by atoms with Gasteiger partial charge in [0.25, 0.3) is 0 Å². The summed E-state index contributed by atoms with van der Waals surface area (Å²) in [5.74, 6) is -1.02. The number of carbonyl (C=O) groups is 2. The number of hydrogen-bond acceptors (Lipinski definition) is 8. The number of thiazole rings is 1. The molecule has 2 aromatic heterocycles. The average molecular weight is 601 g/mol. The minimum Gasteiger partial charge on any atom is -0.493 e. The average Bonchev–Trinajstić information content (AvgIpc) is 3.37. The summed E-state index contributed by atoms with van der Waals surface area (Å²) in [5.41, 5.74) is 1.81. The fourth-order valence-electron chi connectivity index (χ4n) is 5.49. The molecule has 6 rings (SSSR count). The van der Waals surface area contributed by atoms with Crippen molar-refractivity contribution in [3.63, 3.8) is 0 Å².